The second-order valence-electron chi connectivity index (χ2n) is 3.45. The van der Waals surface area contributed by atoms with Crippen LogP contribution in [0.2, 0.25) is 0 Å². The molecule has 1 aromatic carbocycles. The molecule has 0 radical (unpaired) electrons. The zero-order chi connectivity index (χ0) is 11.4. The minimum Gasteiger partial charge on any atom is -0.488 e. The molecule has 0 amide bonds. The van der Waals surface area contributed by atoms with Gasteiger partial charge in [0.25, 0.3) is 0 Å². The Hall–Kier alpha value is -1.55. The molecule has 2 N–H and O–H groups in total. The van der Waals surface area contributed by atoms with Crippen LogP contribution in [0.5, 0.6) is 5.75 Å². The van der Waals surface area contributed by atoms with Crippen molar-refractivity contribution in [1.29, 1.82) is 0 Å². The van der Waals surface area contributed by atoms with Crippen LogP contribution in [0.15, 0.2) is 30.5 Å². The number of hydrogen-bond acceptors (Lipinski definition) is 4. The van der Waals surface area contributed by atoms with Gasteiger partial charge in [-0.1, -0.05) is 30.4 Å². The third-order valence-electron chi connectivity index (χ3n) is 2.28. The topological polar surface area (TPSA) is 48.1 Å². The molecule has 0 aliphatic carbocycles. The van der Waals surface area contributed by atoms with Gasteiger partial charge >= 0.3 is 0 Å². The fraction of sp³-hybridized carbons (Fsp3) is 0.250. The molecule has 0 spiro atoms. The van der Waals surface area contributed by atoms with E-state index in [-0.39, 0.29) is 0 Å². The average Bonchev–Trinajstić information content (AvgIpc) is 2.73. The minimum atomic E-state index is 0.528. The van der Waals surface area contributed by atoms with Crippen LogP contribution in [0, 0.1) is 0 Å². The van der Waals surface area contributed by atoms with Crippen molar-refractivity contribution in [3.05, 3.63) is 40.9 Å². The predicted molar refractivity (Wildman–Crippen MR) is 66.7 cm³/mol. The molecule has 0 unspecified atom stereocenters. The maximum atomic E-state index is 5.62. The number of rotatable bonds is 4. The highest BCUT2D eigenvalue weighted by molar-refractivity contribution is 7.15. The van der Waals surface area contributed by atoms with Crippen molar-refractivity contribution >= 4 is 16.5 Å². The molecule has 0 aliphatic rings. The van der Waals surface area contributed by atoms with Gasteiger partial charge in [-0.15, -0.1) is 0 Å². The summed E-state index contributed by atoms with van der Waals surface area (Å²) in [7, 11) is 0. The molecule has 0 saturated heterocycles. The van der Waals surface area contributed by atoms with Crippen LogP contribution in [-0.4, -0.2) is 4.98 Å². The SMILES string of the molecule is CCc1ccc(OCc2cnc(N)s2)cc1. The molecular formula is C12H14N2OS. The average molecular weight is 234 g/mol. The first-order valence-electron chi connectivity index (χ1n) is 5.20. The monoisotopic (exact) mass is 234 g/mol. The highest BCUT2D eigenvalue weighted by Crippen LogP contribution is 2.18. The van der Waals surface area contributed by atoms with Gasteiger partial charge in [0.2, 0.25) is 0 Å². The minimum absolute atomic E-state index is 0.528. The lowest BCUT2D eigenvalue weighted by atomic mass is 10.2. The summed E-state index contributed by atoms with van der Waals surface area (Å²) >= 11 is 1.46. The van der Waals surface area contributed by atoms with Gasteiger partial charge in [-0.25, -0.2) is 4.98 Å². The number of nitrogens with two attached hydrogens (primary N) is 1. The third-order valence-corrected chi connectivity index (χ3v) is 3.08. The predicted octanol–water partition coefficient (Wildman–Crippen LogP) is 2.87. The van der Waals surface area contributed by atoms with Gasteiger partial charge in [0.15, 0.2) is 5.13 Å². The van der Waals surface area contributed by atoms with Crippen LogP contribution >= 0.6 is 11.3 Å². The van der Waals surface area contributed by atoms with E-state index in [9.17, 15) is 0 Å². The Kier molecular flexibility index (Phi) is 3.41. The van der Waals surface area contributed by atoms with E-state index >= 15 is 0 Å². The summed E-state index contributed by atoms with van der Waals surface area (Å²) in [5.41, 5.74) is 6.85. The summed E-state index contributed by atoms with van der Waals surface area (Å²) in [4.78, 5) is 5.01. The standard InChI is InChI=1S/C12H14N2OS/c1-2-9-3-5-10(6-4-9)15-8-11-7-14-12(13)16-11/h3-7H,2,8H2,1H3,(H2,13,14). The molecule has 0 bridgehead atoms. The molecule has 3 nitrogen and oxygen atoms in total. The van der Waals surface area contributed by atoms with E-state index in [1.165, 1.54) is 16.9 Å². The lowest BCUT2D eigenvalue weighted by Gasteiger charge is -2.04. The Balaban J connectivity index is 1.94. The lowest BCUT2D eigenvalue weighted by Crippen LogP contribution is -1.92. The van der Waals surface area contributed by atoms with E-state index in [0.717, 1.165) is 17.0 Å². The first kappa shape index (κ1) is 11.0. The molecule has 1 heterocycles. The van der Waals surface area contributed by atoms with Crippen molar-refractivity contribution < 1.29 is 4.74 Å². The van der Waals surface area contributed by atoms with E-state index in [1.54, 1.807) is 6.20 Å². The van der Waals surface area contributed by atoms with Gasteiger partial charge in [0.05, 0.1) is 4.88 Å². The quantitative estimate of drug-likeness (QED) is 0.885. The van der Waals surface area contributed by atoms with Crippen LogP contribution in [0.25, 0.3) is 0 Å². The molecule has 16 heavy (non-hydrogen) atoms. The van der Waals surface area contributed by atoms with Crippen LogP contribution in [0.1, 0.15) is 17.4 Å². The molecule has 0 aliphatic heterocycles. The van der Waals surface area contributed by atoms with Gasteiger partial charge < -0.3 is 10.5 Å². The number of anilines is 1. The first-order chi connectivity index (χ1) is 7.78. The van der Waals surface area contributed by atoms with Crippen molar-refractivity contribution in [2.45, 2.75) is 20.0 Å². The van der Waals surface area contributed by atoms with Crippen LogP contribution in [0.3, 0.4) is 0 Å². The van der Waals surface area contributed by atoms with E-state index in [2.05, 4.69) is 24.0 Å². The van der Waals surface area contributed by atoms with Crippen molar-refractivity contribution in [3.8, 4) is 5.75 Å². The van der Waals surface area contributed by atoms with Crippen LogP contribution < -0.4 is 10.5 Å². The van der Waals surface area contributed by atoms with Crippen molar-refractivity contribution in [2.24, 2.45) is 0 Å². The summed E-state index contributed by atoms with van der Waals surface area (Å²) in [6, 6.07) is 8.14. The van der Waals surface area contributed by atoms with E-state index in [4.69, 9.17) is 10.5 Å². The zero-order valence-corrected chi connectivity index (χ0v) is 9.96. The Morgan fingerprint density at radius 1 is 1.31 bits per heavy atom. The van der Waals surface area contributed by atoms with Crippen LogP contribution in [0.4, 0.5) is 5.13 Å². The van der Waals surface area contributed by atoms with Gasteiger partial charge in [0, 0.05) is 6.20 Å². The Labute approximate surface area is 98.9 Å². The number of ether oxygens (including phenoxy) is 1. The number of benzene rings is 1. The fourth-order valence-corrected chi connectivity index (χ4v) is 1.96. The molecule has 4 heteroatoms. The Morgan fingerprint density at radius 2 is 2.06 bits per heavy atom. The highest BCUT2D eigenvalue weighted by atomic mass is 32.1. The normalized spacial score (nSPS) is 10.3. The third kappa shape index (κ3) is 2.73. The number of nitrogen functional groups attached to an aromatic ring is 1. The molecular weight excluding hydrogens is 220 g/mol. The Bertz CT molecular complexity index is 450. The number of thiazole rings is 1. The number of hydrogen-bond donors (Lipinski definition) is 1. The number of aryl methyl sites for hydroxylation is 1. The summed E-state index contributed by atoms with van der Waals surface area (Å²) < 4.78 is 5.62. The second kappa shape index (κ2) is 4.99. The van der Waals surface area contributed by atoms with Crippen LogP contribution in [-0.2, 0) is 13.0 Å². The maximum Gasteiger partial charge on any atom is 0.180 e. The van der Waals surface area contributed by atoms with Crippen molar-refractivity contribution in [2.75, 3.05) is 5.73 Å². The number of aromatic nitrogens is 1. The largest absolute Gasteiger partial charge is 0.488 e. The molecule has 2 rings (SSSR count). The summed E-state index contributed by atoms with van der Waals surface area (Å²) in [6.07, 6.45) is 2.80. The molecule has 0 fully saturated rings. The van der Waals surface area contributed by atoms with Crippen molar-refractivity contribution in [1.82, 2.24) is 4.98 Å². The summed E-state index contributed by atoms with van der Waals surface area (Å²) in [6.45, 7) is 2.66. The van der Waals surface area contributed by atoms with Gasteiger partial charge in [-0.3, -0.25) is 0 Å². The highest BCUT2D eigenvalue weighted by Gasteiger charge is 2.00. The van der Waals surface area contributed by atoms with E-state index in [0.29, 0.717) is 11.7 Å². The molecule has 0 atom stereocenters. The summed E-state index contributed by atoms with van der Waals surface area (Å²) in [5.74, 6) is 0.879. The smallest absolute Gasteiger partial charge is 0.180 e. The van der Waals surface area contributed by atoms with Crippen molar-refractivity contribution in [3.63, 3.8) is 0 Å². The maximum absolute atomic E-state index is 5.62. The molecule has 0 saturated carbocycles. The summed E-state index contributed by atoms with van der Waals surface area (Å²) in [5, 5.41) is 0.583. The van der Waals surface area contributed by atoms with E-state index < -0.39 is 0 Å². The van der Waals surface area contributed by atoms with Gasteiger partial charge in [-0.2, -0.15) is 0 Å². The fourth-order valence-electron chi connectivity index (χ4n) is 1.37. The molecule has 1 aromatic heterocycles. The Morgan fingerprint density at radius 3 is 2.62 bits per heavy atom. The second-order valence-corrected chi connectivity index (χ2v) is 4.60. The molecule has 2 aromatic rings. The number of nitrogens with zero attached hydrogens (tertiary/aromatic N) is 1. The molecule has 84 valence electrons. The zero-order valence-electron chi connectivity index (χ0n) is 9.14. The van der Waals surface area contributed by atoms with Gasteiger partial charge in [0.1, 0.15) is 12.4 Å². The first-order valence-corrected chi connectivity index (χ1v) is 6.01. The lowest BCUT2D eigenvalue weighted by molar-refractivity contribution is 0.309. The van der Waals surface area contributed by atoms with E-state index in [1.807, 2.05) is 12.1 Å². The van der Waals surface area contributed by atoms with Gasteiger partial charge in [-0.05, 0) is 24.1 Å².